The molecule has 2 rings (SSSR count). The van der Waals surface area contributed by atoms with Gasteiger partial charge in [-0.1, -0.05) is 24.5 Å². The first kappa shape index (κ1) is 20.2. The summed E-state index contributed by atoms with van der Waals surface area (Å²) in [6.45, 7) is 5.82. The van der Waals surface area contributed by atoms with Crippen LogP contribution in [0.2, 0.25) is 0 Å². The minimum atomic E-state index is -1.22. The number of aryl methyl sites for hydroxylation is 1. The van der Waals surface area contributed by atoms with Crippen molar-refractivity contribution in [2.75, 3.05) is 12.4 Å². The third-order valence-electron chi connectivity index (χ3n) is 4.83. The van der Waals surface area contributed by atoms with E-state index in [1.165, 1.54) is 18.4 Å². The van der Waals surface area contributed by atoms with Crippen LogP contribution < -0.4 is 10.4 Å². The molecule has 1 aliphatic carbocycles. The number of rotatable bonds is 6. The Morgan fingerprint density at radius 3 is 2.38 bits per heavy atom. The summed E-state index contributed by atoms with van der Waals surface area (Å²) in [4.78, 5) is 37.3. The van der Waals surface area contributed by atoms with Crippen molar-refractivity contribution in [3.8, 4) is 0 Å². The lowest BCUT2D eigenvalue weighted by Gasteiger charge is -2.32. The van der Waals surface area contributed by atoms with Crippen molar-refractivity contribution in [2.24, 2.45) is 11.8 Å². The fourth-order valence-corrected chi connectivity index (χ4v) is 4.34. The number of ether oxygens (including phenoxy) is 1. The van der Waals surface area contributed by atoms with Gasteiger partial charge >= 0.3 is 5.97 Å². The number of carboxylic acid groups (broad SMARTS) is 1. The van der Waals surface area contributed by atoms with Crippen molar-refractivity contribution in [2.45, 2.75) is 46.5 Å². The number of hydrogen-bond donors (Lipinski definition) is 1. The van der Waals surface area contributed by atoms with Gasteiger partial charge in [-0.05, 0) is 39.2 Å². The largest absolute Gasteiger partial charge is 0.550 e. The van der Waals surface area contributed by atoms with E-state index in [9.17, 15) is 19.5 Å². The van der Waals surface area contributed by atoms with Crippen LogP contribution in [0.1, 0.15) is 55.3 Å². The topological polar surface area (TPSA) is 95.5 Å². The molecule has 2 atom stereocenters. The van der Waals surface area contributed by atoms with Crippen molar-refractivity contribution < 1.29 is 24.2 Å². The zero-order valence-corrected chi connectivity index (χ0v) is 16.3. The van der Waals surface area contributed by atoms with Crippen LogP contribution in [-0.4, -0.2) is 25.0 Å². The lowest BCUT2D eigenvalue weighted by Crippen LogP contribution is -2.42. The highest BCUT2D eigenvalue weighted by Gasteiger charge is 2.34. The van der Waals surface area contributed by atoms with Gasteiger partial charge in [-0.3, -0.25) is 4.79 Å². The number of thiophene rings is 1. The summed E-state index contributed by atoms with van der Waals surface area (Å²) in [7, 11) is 1.29. The maximum absolute atomic E-state index is 12.8. The molecule has 1 aromatic heterocycles. The number of nitrogens with one attached hydrogen (secondary N) is 1. The maximum atomic E-state index is 12.8. The van der Waals surface area contributed by atoms with Gasteiger partial charge in [0.05, 0.1) is 18.6 Å². The van der Waals surface area contributed by atoms with E-state index in [-0.39, 0.29) is 0 Å². The van der Waals surface area contributed by atoms with Crippen molar-refractivity contribution in [1.29, 1.82) is 0 Å². The van der Waals surface area contributed by atoms with Crippen LogP contribution in [0.3, 0.4) is 0 Å². The Hall–Kier alpha value is -2.15. The molecule has 26 heavy (non-hydrogen) atoms. The molecule has 1 heterocycles. The molecular formula is C19H24NO5S-. The van der Waals surface area contributed by atoms with Gasteiger partial charge in [-0.25, -0.2) is 4.79 Å². The van der Waals surface area contributed by atoms with Crippen LogP contribution in [0.5, 0.6) is 0 Å². The van der Waals surface area contributed by atoms with E-state index in [4.69, 9.17) is 4.74 Å². The summed E-state index contributed by atoms with van der Waals surface area (Å²) in [6.07, 6.45) is 2.38. The standard InChI is InChI=1S/C19H25NO5S/c1-5-6-12-9-15(19(24)25-4)17(26-12)20-16(21)13-7-10(2)11(3)8-14(13)18(22)23/h9,13-14H,5-8H2,1-4H3,(H,20,21)(H,22,23)/p-1. The summed E-state index contributed by atoms with van der Waals surface area (Å²) in [5.74, 6) is -3.73. The van der Waals surface area contributed by atoms with Crippen LogP contribution in [0.15, 0.2) is 17.2 Å². The minimum Gasteiger partial charge on any atom is -0.550 e. The number of carboxylic acids is 1. The Bertz CT molecular complexity index is 749. The van der Waals surface area contributed by atoms with E-state index in [2.05, 4.69) is 5.32 Å². The molecule has 0 bridgehead atoms. The average molecular weight is 378 g/mol. The van der Waals surface area contributed by atoms with Gasteiger partial charge < -0.3 is 20.0 Å². The first-order valence-corrected chi connectivity index (χ1v) is 9.48. The second-order valence-corrected chi connectivity index (χ2v) is 7.82. The van der Waals surface area contributed by atoms with Crippen molar-refractivity contribution in [3.63, 3.8) is 0 Å². The molecule has 0 fully saturated rings. The molecule has 0 radical (unpaired) electrons. The number of methoxy groups -OCH3 is 1. The average Bonchev–Trinajstić information content (AvgIpc) is 2.98. The lowest BCUT2D eigenvalue weighted by molar-refractivity contribution is -0.313. The van der Waals surface area contributed by atoms with E-state index in [0.717, 1.165) is 28.9 Å². The molecule has 6 nitrogen and oxygen atoms in total. The Morgan fingerprint density at radius 2 is 1.85 bits per heavy atom. The molecule has 142 valence electrons. The first-order valence-electron chi connectivity index (χ1n) is 8.66. The molecule has 0 aliphatic heterocycles. The van der Waals surface area contributed by atoms with E-state index >= 15 is 0 Å². The zero-order valence-electron chi connectivity index (χ0n) is 15.5. The maximum Gasteiger partial charge on any atom is 0.340 e. The first-order chi connectivity index (χ1) is 12.3. The summed E-state index contributed by atoms with van der Waals surface area (Å²) >= 11 is 1.32. The summed E-state index contributed by atoms with van der Waals surface area (Å²) < 4.78 is 4.79. The van der Waals surface area contributed by atoms with E-state index in [0.29, 0.717) is 23.4 Å². The number of amides is 1. The fourth-order valence-electron chi connectivity index (χ4n) is 3.19. The van der Waals surface area contributed by atoms with Gasteiger partial charge in [-0.15, -0.1) is 11.3 Å². The summed E-state index contributed by atoms with van der Waals surface area (Å²) in [5, 5.41) is 14.7. The molecule has 0 saturated carbocycles. The van der Waals surface area contributed by atoms with Gasteiger partial charge in [0.25, 0.3) is 0 Å². The fraction of sp³-hybridized carbons (Fsp3) is 0.526. The zero-order chi connectivity index (χ0) is 19.4. The number of hydrogen-bond acceptors (Lipinski definition) is 6. The van der Waals surface area contributed by atoms with Crippen molar-refractivity contribution >= 4 is 34.2 Å². The molecule has 7 heteroatoms. The van der Waals surface area contributed by atoms with Gasteiger partial charge in [0.15, 0.2) is 0 Å². The molecule has 0 aromatic carbocycles. The van der Waals surface area contributed by atoms with Gasteiger partial charge in [0.2, 0.25) is 5.91 Å². The van der Waals surface area contributed by atoms with Gasteiger partial charge in [0.1, 0.15) is 5.00 Å². The molecule has 1 amide bonds. The number of anilines is 1. The smallest absolute Gasteiger partial charge is 0.340 e. The SMILES string of the molecule is CCCc1cc(C(=O)OC)c(NC(=O)C2CC(C)=C(C)CC2C(=O)[O-])s1. The van der Waals surface area contributed by atoms with Crippen molar-refractivity contribution in [1.82, 2.24) is 0 Å². The normalized spacial score (nSPS) is 20.0. The Morgan fingerprint density at radius 1 is 1.23 bits per heavy atom. The van der Waals surface area contributed by atoms with E-state index < -0.39 is 29.7 Å². The van der Waals surface area contributed by atoms with Gasteiger partial charge in [0, 0.05) is 16.8 Å². The quantitative estimate of drug-likeness (QED) is 0.606. The van der Waals surface area contributed by atoms with Crippen LogP contribution >= 0.6 is 11.3 Å². The highest BCUT2D eigenvalue weighted by atomic mass is 32.1. The molecular weight excluding hydrogens is 354 g/mol. The highest BCUT2D eigenvalue weighted by Crippen LogP contribution is 2.36. The molecule has 1 aliphatic rings. The molecule has 2 unspecified atom stereocenters. The summed E-state index contributed by atoms with van der Waals surface area (Å²) in [5.41, 5.74) is 2.31. The predicted molar refractivity (Wildman–Crippen MR) is 97.9 cm³/mol. The van der Waals surface area contributed by atoms with Crippen LogP contribution in [0.4, 0.5) is 5.00 Å². The summed E-state index contributed by atoms with van der Waals surface area (Å²) in [6, 6.07) is 1.72. The monoisotopic (exact) mass is 378 g/mol. The second-order valence-electron chi connectivity index (χ2n) is 6.69. The lowest BCUT2D eigenvalue weighted by atomic mass is 9.76. The van der Waals surface area contributed by atoms with E-state index in [1.807, 2.05) is 20.8 Å². The number of carbonyl (C=O) groups excluding carboxylic acids is 3. The predicted octanol–water partition coefficient (Wildman–Crippen LogP) is 2.54. The minimum absolute atomic E-state index is 0.304. The molecule has 0 saturated heterocycles. The van der Waals surface area contributed by atoms with Crippen LogP contribution in [0.25, 0.3) is 0 Å². The van der Waals surface area contributed by atoms with Crippen LogP contribution in [0, 0.1) is 11.8 Å². The third-order valence-corrected chi connectivity index (χ3v) is 5.94. The third kappa shape index (κ3) is 4.33. The second kappa shape index (κ2) is 8.49. The van der Waals surface area contributed by atoms with Gasteiger partial charge in [-0.2, -0.15) is 0 Å². The Kier molecular flexibility index (Phi) is 6.58. The number of aliphatic carboxylic acids is 1. The number of carbonyl (C=O) groups is 3. The van der Waals surface area contributed by atoms with Crippen molar-refractivity contribution in [3.05, 3.63) is 27.7 Å². The Balaban J connectivity index is 2.28. The molecule has 1 aromatic rings. The Labute approximate surface area is 157 Å². The highest BCUT2D eigenvalue weighted by molar-refractivity contribution is 7.16. The molecule has 0 spiro atoms. The van der Waals surface area contributed by atoms with Crippen LogP contribution in [-0.2, 0) is 20.7 Å². The number of allylic oxidation sites excluding steroid dienone is 2. The molecule has 1 N–H and O–H groups in total. The van der Waals surface area contributed by atoms with E-state index in [1.54, 1.807) is 6.07 Å². The number of esters is 1.